The van der Waals surface area contributed by atoms with Crippen molar-refractivity contribution >= 4 is 0 Å². The molecule has 1 unspecified atom stereocenters. The first-order valence-electron chi connectivity index (χ1n) is 3.91. The van der Waals surface area contributed by atoms with Gasteiger partial charge in [0, 0.05) is 11.2 Å². The molecule has 1 atom stereocenters. The van der Waals surface area contributed by atoms with Gasteiger partial charge in [-0.3, -0.25) is 0 Å². The number of allylic oxidation sites excluding steroid dienone is 1. The van der Waals surface area contributed by atoms with E-state index < -0.39 is 0 Å². The minimum atomic E-state index is 0.104. The van der Waals surface area contributed by atoms with Gasteiger partial charge in [0.2, 0.25) is 0 Å². The van der Waals surface area contributed by atoms with Crippen LogP contribution in [-0.2, 0) is 0 Å². The molecule has 0 spiro atoms. The molecule has 0 saturated carbocycles. The first-order chi connectivity index (χ1) is 5.07. The van der Waals surface area contributed by atoms with Gasteiger partial charge in [0.05, 0.1) is 0 Å². The molecule has 0 aromatic rings. The maximum atomic E-state index is 5.72. The molecule has 1 rings (SSSR count). The van der Waals surface area contributed by atoms with E-state index in [0.29, 0.717) is 0 Å². The molecular weight excluding hydrogens is 136 g/mol. The zero-order valence-corrected chi connectivity index (χ0v) is 7.44. The molecule has 2 nitrogen and oxygen atoms in total. The largest absolute Gasteiger partial charge is 0.399 e. The summed E-state index contributed by atoms with van der Waals surface area (Å²) in [5.74, 6) is 0. The standard InChI is InChI=1S/C9H16N2/c1-7-6-9(2,11-3)5-4-8(7)10/h4-5,11H,6,10H2,1-3H3. The highest BCUT2D eigenvalue weighted by Crippen LogP contribution is 2.23. The van der Waals surface area contributed by atoms with Crippen molar-refractivity contribution < 1.29 is 0 Å². The van der Waals surface area contributed by atoms with Crippen LogP contribution in [0.25, 0.3) is 0 Å². The van der Waals surface area contributed by atoms with E-state index in [9.17, 15) is 0 Å². The van der Waals surface area contributed by atoms with Gasteiger partial charge >= 0.3 is 0 Å². The molecule has 0 radical (unpaired) electrons. The number of rotatable bonds is 1. The Morgan fingerprint density at radius 1 is 1.64 bits per heavy atom. The van der Waals surface area contributed by atoms with Gasteiger partial charge in [-0.05, 0) is 39.0 Å². The molecule has 0 bridgehead atoms. The van der Waals surface area contributed by atoms with Crippen LogP contribution in [0.2, 0.25) is 0 Å². The lowest BCUT2D eigenvalue weighted by Gasteiger charge is -2.29. The average molecular weight is 152 g/mol. The molecular formula is C9H16N2. The van der Waals surface area contributed by atoms with E-state index in [1.165, 1.54) is 5.57 Å². The van der Waals surface area contributed by atoms with Crippen molar-refractivity contribution in [1.29, 1.82) is 0 Å². The number of nitrogens with two attached hydrogens (primary N) is 1. The zero-order valence-electron chi connectivity index (χ0n) is 7.44. The maximum Gasteiger partial charge on any atom is 0.0375 e. The third kappa shape index (κ3) is 1.63. The van der Waals surface area contributed by atoms with Gasteiger partial charge in [-0.2, -0.15) is 0 Å². The van der Waals surface area contributed by atoms with E-state index in [2.05, 4.69) is 25.2 Å². The lowest BCUT2D eigenvalue weighted by Crippen LogP contribution is -2.39. The van der Waals surface area contributed by atoms with Gasteiger partial charge in [0.1, 0.15) is 0 Å². The lowest BCUT2D eigenvalue weighted by molar-refractivity contribution is 0.467. The predicted octanol–water partition coefficient (Wildman–Crippen LogP) is 1.16. The zero-order chi connectivity index (χ0) is 8.48. The van der Waals surface area contributed by atoms with Crippen LogP contribution in [-0.4, -0.2) is 12.6 Å². The monoisotopic (exact) mass is 152 g/mol. The van der Waals surface area contributed by atoms with Crippen molar-refractivity contribution in [3.8, 4) is 0 Å². The fourth-order valence-electron chi connectivity index (χ4n) is 1.30. The van der Waals surface area contributed by atoms with Crippen molar-refractivity contribution in [2.45, 2.75) is 25.8 Å². The van der Waals surface area contributed by atoms with Crippen molar-refractivity contribution in [3.63, 3.8) is 0 Å². The van der Waals surface area contributed by atoms with Gasteiger partial charge in [-0.25, -0.2) is 0 Å². The Morgan fingerprint density at radius 2 is 2.27 bits per heavy atom. The van der Waals surface area contributed by atoms with E-state index in [-0.39, 0.29) is 5.54 Å². The Hall–Kier alpha value is -0.760. The Bertz CT molecular complexity index is 216. The van der Waals surface area contributed by atoms with Crippen molar-refractivity contribution in [2.24, 2.45) is 5.73 Å². The summed E-state index contributed by atoms with van der Waals surface area (Å²) < 4.78 is 0. The first-order valence-corrected chi connectivity index (χ1v) is 3.91. The van der Waals surface area contributed by atoms with E-state index in [4.69, 9.17) is 5.73 Å². The van der Waals surface area contributed by atoms with Crippen LogP contribution < -0.4 is 11.1 Å². The first kappa shape index (κ1) is 8.34. The molecule has 0 aliphatic heterocycles. The highest BCUT2D eigenvalue weighted by Gasteiger charge is 2.22. The molecule has 1 aliphatic rings. The molecule has 0 aromatic heterocycles. The fraction of sp³-hybridized carbons (Fsp3) is 0.556. The van der Waals surface area contributed by atoms with Crippen LogP contribution in [0.15, 0.2) is 23.4 Å². The molecule has 0 saturated heterocycles. The molecule has 2 heteroatoms. The summed E-state index contributed by atoms with van der Waals surface area (Å²) in [5, 5.41) is 3.25. The normalized spacial score (nSPS) is 31.2. The van der Waals surface area contributed by atoms with Crippen LogP contribution in [0.3, 0.4) is 0 Å². The van der Waals surface area contributed by atoms with E-state index in [1.807, 2.05) is 13.1 Å². The SMILES string of the molecule is CNC1(C)C=CC(N)=C(C)C1. The van der Waals surface area contributed by atoms with Gasteiger partial charge < -0.3 is 11.1 Å². The summed E-state index contributed by atoms with van der Waals surface area (Å²) in [6.07, 6.45) is 5.11. The Labute approximate surface area is 68.2 Å². The minimum absolute atomic E-state index is 0.104. The summed E-state index contributed by atoms with van der Waals surface area (Å²) >= 11 is 0. The van der Waals surface area contributed by atoms with Crippen molar-refractivity contribution in [3.05, 3.63) is 23.4 Å². The number of hydrogen-bond acceptors (Lipinski definition) is 2. The molecule has 0 heterocycles. The number of likely N-dealkylation sites (N-methyl/N-ethyl adjacent to an activating group) is 1. The smallest absolute Gasteiger partial charge is 0.0375 e. The van der Waals surface area contributed by atoms with E-state index >= 15 is 0 Å². The van der Waals surface area contributed by atoms with Crippen LogP contribution in [0, 0.1) is 0 Å². The van der Waals surface area contributed by atoms with Crippen molar-refractivity contribution in [2.75, 3.05) is 7.05 Å². The highest BCUT2D eigenvalue weighted by atomic mass is 14.9. The van der Waals surface area contributed by atoms with Crippen LogP contribution in [0.4, 0.5) is 0 Å². The average Bonchev–Trinajstić information content (AvgIpc) is 1.98. The molecule has 11 heavy (non-hydrogen) atoms. The number of hydrogen-bond donors (Lipinski definition) is 2. The summed E-state index contributed by atoms with van der Waals surface area (Å²) in [6.45, 7) is 4.24. The number of nitrogens with one attached hydrogen (secondary N) is 1. The molecule has 0 fully saturated rings. The second kappa shape index (κ2) is 2.70. The third-order valence-corrected chi connectivity index (χ3v) is 2.33. The Morgan fingerprint density at radius 3 is 2.73 bits per heavy atom. The summed E-state index contributed by atoms with van der Waals surface area (Å²) in [4.78, 5) is 0. The van der Waals surface area contributed by atoms with Crippen molar-refractivity contribution in [1.82, 2.24) is 5.32 Å². The highest BCUT2D eigenvalue weighted by molar-refractivity contribution is 5.31. The molecule has 62 valence electrons. The van der Waals surface area contributed by atoms with Crippen LogP contribution >= 0.6 is 0 Å². The maximum absolute atomic E-state index is 5.72. The van der Waals surface area contributed by atoms with E-state index in [1.54, 1.807) is 0 Å². The van der Waals surface area contributed by atoms with Gasteiger partial charge in [-0.15, -0.1) is 0 Å². The second-order valence-electron chi connectivity index (χ2n) is 3.41. The van der Waals surface area contributed by atoms with Gasteiger partial charge in [0.15, 0.2) is 0 Å². The molecule has 1 aliphatic carbocycles. The van der Waals surface area contributed by atoms with E-state index in [0.717, 1.165) is 12.1 Å². The topological polar surface area (TPSA) is 38.0 Å². The van der Waals surface area contributed by atoms with Crippen LogP contribution in [0.1, 0.15) is 20.3 Å². The molecule has 3 N–H and O–H groups in total. The predicted molar refractivity (Wildman–Crippen MR) is 48.1 cm³/mol. The fourth-order valence-corrected chi connectivity index (χ4v) is 1.30. The summed E-state index contributed by atoms with van der Waals surface area (Å²) in [5.41, 5.74) is 8.01. The summed E-state index contributed by atoms with van der Waals surface area (Å²) in [7, 11) is 1.97. The van der Waals surface area contributed by atoms with Gasteiger partial charge in [-0.1, -0.05) is 6.08 Å². The minimum Gasteiger partial charge on any atom is -0.399 e. The second-order valence-corrected chi connectivity index (χ2v) is 3.41. The quantitative estimate of drug-likeness (QED) is 0.591. The molecule has 0 amide bonds. The van der Waals surface area contributed by atoms with Gasteiger partial charge in [0.25, 0.3) is 0 Å². The Balaban J connectivity index is 2.81. The summed E-state index contributed by atoms with van der Waals surface area (Å²) in [6, 6.07) is 0. The third-order valence-electron chi connectivity index (χ3n) is 2.33. The lowest BCUT2D eigenvalue weighted by atomic mass is 9.88. The van der Waals surface area contributed by atoms with Crippen LogP contribution in [0.5, 0.6) is 0 Å². The Kier molecular flexibility index (Phi) is 2.05. The molecule has 0 aromatic carbocycles.